The molecule has 2 aromatic rings. The van der Waals surface area contributed by atoms with Crippen molar-refractivity contribution >= 4 is 22.9 Å². The molecule has 0 radical (unpaired) electrons. The van der Waals surface area contributed by atoms with Crippen molar-refractivity contribution in [2.75, 3.05) is 6.54 Å². The maximum atomic E-state index is 12.6. The number of nitrogens with one attached hydrogen (secondary N) is 3. The van der Waals surface area contributed by atoms with E-state index in [-0.39, 0.29) is 29.9 Å². The first-order valence-corrected chi connectivity index (χ1v) is 10.6. The Balaban J connectivity index is 1.43. The summed E-state index contributed by atoms with van der Waals surface area (Å²) in [5.74, 6) is 0.370. The van der Waals surface area contributed by atoms with Crippen molar-refractivity contribution in [1.29, 1.82) is 0 Å². The molecule has 0 spiro atoms. The molecule has 2 amide bonds. The molecular formula is C23H33N3O3. The SMILES string of the molecule is C[C@H](CNC(=O)C1CCC(NC(=O)OC(C)(C)C)CC1)c1c[nH]c2ccccc12. The number of benzene rings is 1. The van der Waals surface area contributed by atoms with Gasteiger partial charge in [-0.15, -0.1) is 0 Å². The van der Waals surface area contributed by atoms with Crippen LogP contribution in [-0.2, 0) is 9.53 Å². The first-order valence-electron chi connectivity index (χ1n) is 10.6. The third-order valence-corrected chi connectivity index (χ3v) is 5.55. The molecule has 3 rings (SSSR count). The van der Waals surface area contributed by atoms with Crippen LogP contribution in [0.3, 0.4) is 0 Å². The zero-order chi connectivity index (χ0) is 21.0. The number of aromatic amines is 1. The van der Waals surface area contributed by atoms with Gasteiger partial charge in [-0.1, -0.05) is 25.1 Å². The Kier molecular flexibility index (Phi) is 6.50. The van der Waals surface area contributed by atoms with Gasteiger partial charge in [0.2, 0.25) is 5.91 Å². The normalized spacial score (nSPS) is 20.8. The molecule has 1 aromatic carbocycles. The summed E-state index contributed by atoms with van der Waals surface area (Å²) in [6.07, 6.45) is 4.83. The van der Waals surface area contributed by atoms with Crippen LogP contribution in [0.25, 0.3) is 10.9 Å². The fourth-order valence-corrected chi connectivity index (χ4v) is 3.98. The molecule has 6 nitrogen and oxygen atoms in total. The number of rotatable bonds is 5. The van der Waals surface area contributed by atoms with Crippen LogP contribution in [0.5, 0.6) is 0 Å². The van der Waals surface area contributed by atoms with Crippen LogP contribution in [0.15, 0.2) is 30.5 Å². The molecule has 1 atom stereocenters. The van der Waals surface area contributed by atoms with Crippen molar-refractivity contribution in [3.8, 4) is 0 Å². The lowest BCUT2D eigenvalue weighted by atomic mass is 9.85. The lowest BCUT2D eigenvalue weighted by Gasteiger charge is -2.29. The summed E-state index contributed by atoms with van der Waals surface area (Å²) in [6.45, 7) is 8.32. The quantitative estimate of drug-likeness (QED) is 0.694. The van der Waals surface area contributed by atoms with E-state index in [4.69, 9.17) is 4.74 Å². The van der Waals surface area contributed by atoms with Crippen LogP contribution in [0.4, 0.5) is 4.79 Å². The molecule has 1 aliphatic rings. The van der Waals surface area contributed by atoms with Gasteiger partial charge < -0.3 is 20.4 Å². The largest absolute Gasteiger partial charge is 0.444 e. The smallest absolute Gasteiger partial charge is 0.407 e. The lowest BCUT2D eigenvalue weighted by Crippen LogP contribution is -2.43. The standard InChI is InChI=1S/C23H33N3O3/c1-15(19-14-24-20-8-6-5-7-18(19)20)13-25-21(27)16-9-11-17(12-10-16)26-22(28)29-23(2,3)4/h5-8,14-17,24H,9-13H2,1-4H3,(H,25,27)(H,26,28)/t15-,16?,17?/m1/s1. The van der Waals surface area contributed by atoms with Gasteiger partial charge in [-0.3, -0.25) is 4.79 Å². The van der Waals surface area contributed by atoms with Gasteiger partial charge in [-0.25, -0.2) is 4.79 Å². The Morgan fingerprint density at radius 3 is 2.55 bits per heavy atom. The Bertz CT molecular complexity index is 844. The summed E-state index contributed by atoms with van der Waals surface area (Å²) in [7, 11) is 0. The first kappa shape index (κ1) is 21.2. The molecular weight excluding hydrogens is 366 g/mol. The van der Waals surface area contributed by atoms with Crippen LogP contribution in [0.1, 0.15) is 64.9 Å². The number of alkyl carbamates (subject to hydrolysis) is 1. The average Bonchev–Trinajstić information content (AvgIpc) is 3.09. The van der Waals surface area contributed by atoms with Gasteiger partial charge in [0.15, 0.2) is 0 Å². The highest BCUT2D eigenvalue weighted by molar-refractivity contribution is 5.84. The maximum Gasteiger partial charge on any atom is 0.407 e. The molecule has 1 aliphatic carbocycles. The van der Waals surface area contributed by atoms with Gasteiger partial charge in [-0.2, -0.15) is 0 Å². The molecule has 3 N–H and O–H groups in total. The number of H-pyrrole nitrogens is 1. The molecule has 29 heavy (non-hydrogen) atoms. The molecule has 0 aliphatic heterocycles. The van der Waals surface area contributed by atoms with Crippen LogP contribution in [0, 0.1) is 5.92 Å². The van der Waals surface area contributed by atoms with Gasteiger partial charge in [0, 0.05) is 41.5 Å². The van der Waals surface area contributed by atoms with E-state index in [1.165, 1.54) is 10.9 Å². The highest BCUT2D eigenvalue weighted by Crippen LogP contribution is 2.27. The zero-order valence-electron chi connectivity index (χ0n) is 17.9. The second kappa shape index (κ2) is 8.89. The van der Waals surface area contributed by atoms with Crippen molar-refractivity contribution in [1.82, 2.24) is 15.6 Å². The van der Waals surface area contributed by atoms with Crippen LogP contribution < -0.4 is 10.6 Å². The van der Waals surface area contributed by atoms with Gasteiger partial charge in [-0.05, 0) is 58.1 Å². The maximum absolute atomic E-state index is 12.6. The summed E-state index contributed by atoms with van der Waals surface area (Å²) in [5.41, 5.74) is 1.85. The topological polar surface area (TPSA) is 83.2 Å². The molecule has 0 unspecified atom stereocenters. The number of carbonyl (C=O) groups is 2. The number of fused-ring (bicyclic) bond motifs is 1. The Hall–Kier alpha value is -2.50. The summed E-state index contributed by atoms with van der Waals surface area (Å²) in [5, 5.41) is 7.26. The van der Waals surface area contributed by atoms with Crippen molar-refractivity contribution < 1.29 is 14.3 Å². The Morgan fingerprint density at radius 1 is 1.17 bits per heavy atom. The van der Waals surface area contributed by atoms with Gasteiger partial charge in [0.25, 0.3) is 0 Å². The van der Waals surface area contributed by atoms with E-state index in [9.17, 15) is 9.59 Å². The number of hydrogen-bond acceptors (Lipinski definition) is 3. The minimum atomic E-state index is -0.497. The Morgan fingerprint density at radius 2 is 1.86 bits per heavy atom. The number of aromatic nitrogens is 1. The summed E-state index contributed by atoms with van der Waals surface area (Å²) < 4.78 is 5.31. The van der Waals surface area contributed by atoms with Gasteiger partial charge in [0.1, 0.15) is 5.60 Å². The fraction of sp³-hybridized carbons (Fsp3) is 0.565. The van der Waals surface area contributed by atoms with E-state index in [2.05, 4.69) is 34.7 Å². The van der Waals surface area contributed by atoms with Crippen LogP contribution in [-0.4, -0.2) is 35.2 Å². The molecule has 1 fully saturated rings. The van der Waals surface area contributed by atoms with Crippen molar-refractivity contribution in [3.05, 3.63) is 36.0 Å². The van der Waals surface area contributed by atoms with Crippen molar-refractivity contribution in [2.24, 2.45) is 5.92 Å². The van der Waals surface area contributed by atoms with Gasteiger partial charge in [0.05, 0.1) is 0 Å². The van der Waals surface area contributed by atoms with E-state index in [0.29, 0.717) is 6.54 Å². The van der Waals surface area contributed by atoms with E-state index in [1.807, 2.05) is 39.1 Å². The highest BCUT2D eigenvalue weighted by Gasteiger charge is 2.28. The molecule has 0 bridgehead atoms. The summed E-state index contributed by atoms with van der Waals surface area (Å²) in [4.78, 5) is 27.8. The first-order chi connectivity index (χ1) is 13.7. The molecule has 0 saturated heterocycles. The number of para-hydroxylation sites is 1. The molecule has 1 saturated carbocycles. The second-order valence-electron chi connectivity index (χ2n) is 9.13. The number of carbonyl (C=O) groups excluding carboxylic acids is 2. The summed E-state index contributed by atoms with van der Waals surface area (Å²) in [6, 6.07) is 8.31. The van der Waals surface area contributed by atoms with E-state index in [0.717, 1.165) is 31.2 Å². The fourth-order valence-electron chi connectivity index (χ4n) is 3.98. The molecule has 6 heteroatoms. The third kappa shape index (κ3) is 5.75. The predicted molar refractivity (Wildman–Crippen MR) is 115 cm³/mol. The van der Waals surface area contributed by atoms with Crippen molar-refractivity contribution in [3.63, 3.8) is 0 Å². The van der Waals surface area contributed by atoms with Gasteiger partial charge >= 0.3 is 6.09 Å². The van der Waals surface area contributed by atoms with Crippen LogP contribution in [0.2, 0.25) is 0 Å². The number of ether oxygens (including phenoxy) is 1. The molecule has 1 heterocycles. The van der Waals surface area contributed by atoms with Crippen molar-refractivity contribution in [2.45, 2.75) is 70.9 Å². The van der Waals surface area contributed by atoms with E-state index >= 15 is 0 Å². The van der Waals surface area contributed by atoms with Crippen LogP contribution >= 0.6 is 0 Å². The van der Waals surface area contributed by atoms with E-state index < -0.39 is 5.60 Å². The highest BCUT2D eigenvalue weighted by atomic mass is 16.6. The molecule has 158 valence electrons. The number of amides is 2. The third-order valence-electron chi connectivity index (χ3n) is 5.55. The average molecular weight is 400 g/mol. The minimum absolute atomic E-state index is 0.0156. The minimum Gasteiger partial charge on any atom is -0.444 e. The Labute approximate surface area is 172 Å². The number of hydrogen-bond donors (Lipinski definition) is 3. The zero-order valence-corrected chi connectivity index (χ0v) is 17.9. The lowest BCUT2D eigenvalue weighted by molar-refractivity contribution is -0.126. The molecule has 1 aromatic heterocycles. The second-order valence-corrected chi connectivity index (χ2v) is 9.13. The van der Waals surface area contributed by atoms with E-state index in [1.54, 1.807) is 0 Å². The monoisotopic (exact) mass is 399 g/mol. The summed E-state index contributed by atoms with van der Waals surface area (Å²) >= 11 is 0. The predicted octanol–water partition coefficient (Wildman–Crippen LogP) is 4.47.